The average molecular weight is 303 g/mol. The fourth-order valence-electron chi connectivity index (χ4n) is 1.77. The molecule has 0 aliphatic rings. The molecule has 1 aromatic carbocycles. The first kappa shape index (κ1) is 15.3. The maximum Gasteiger partial charge on any atom is 0.416 e. The molecule has 0 saturated carbocycles. The molecule has 114 valence electrons. The summed E-state index contributed by atoms with van der Waals surface area (Å²) < 4.78 is 58.0. The van der Waals surface area contributed by atoms with Crippen LogP contribution in [0.3, 0.4) is 0 Å². The zero-order chi connectivity index (χ0) is 15.5. The average Bonchev–Trinajstić information content (AvgIpc) is 2.86. The molecule has 0 saturated heterocycles. The Hall–Kier alpha value is -2.09. The zero-order valence-corrected chi connectivity index (χ0v) is 11.1. The van der Waals surface area contributed by atoms with Crippen LogP contribution in [0.25, 0.3) is 5.69 Å². The van der Waals surface area contributed by atoms with Crippen molar-refractivity contribution in [1.82, 2.24) is 9.55 Å². The van der Waals surface area contributed by atoms with Crippen LogP contribution in [0.15, 0.2) is 30.6 Å². The highest BCUT2D eigenvalue weighted by atomic mass is 19.4. The standard InChI is InChI=1S/C13H13F4N3O/c1-21-7-5-19-12-18-4-6-20(12)11-8-9(13(15,16)17)2-3-10(11)14/h2-4,6,8H,5,7H2,1H3,(H,18,19). The number of hydrogen-bond acceptors (Lipinski definition) is 3. The lowest BCUT2D eigenvalue weighted by atomic mass is 10.2. The summed E-state index contributed by atoms with van der Waals surface area (Å²) in [5, 5.41) is 2.86. The quantitative estimate of drug-likeness (QED) is 0.681. The lowest BCUT2D eigenvalue weighted by Gasteiger charge is -2.13. The smallest absolute Gasteiger partial charge is 0.383 e. The lowest BCUT2D eigenvalue weighted by Crippen LogP contribution is -2.13. The van der Waals surface area contributed by atoms with Crippen LogP contribution in [-0.2, 0) is 10.9 Å². The van der Waals surface area contributed by atoms with E-state index in [0.717, 1.165) is 12.1 Å². The number of benzene rings is 1. The summed E-state index contributed by atoms with van der Waals surface area (Å²) in [6, 6.07) is 2.24. The Morgan fingerprint density at radius 2 is 2.10 bits per heavy atom. The monoisotopic (exact) mass is 303 g/mol. The van der Waals surface area contributed by atoms with Crippen molar-refractivity contribution in [1.29, 1.82) is 0 Å². The van der Waals surface area contributed by atoms with Gasteiger partial charge in [-0.2, -0.15) is 13.2 Å². The van der Waals surface area contributed by atoms with Crippen LogP contribution in [0, 0.1) is 5.82 Å². The van der Waals surface area contributed by atoms with Gasteiger partial charge in [0.25, 0.3) is 0 Å². The molecule has 0 unspecified atom stereocenters. The number of imidazole rings is 1. The Labute approximate surface area is 118 Å². The number of halogens is 4. The third kappa shape index (κ3) is 3.52. The maximum atomic E-state index is 13.8. The molecule has 0 bridgehead atoms. The molecule has 21 heavy (non-hydrogen) atoms. The number of aromatic nitrogens is 2. The predicted octanol–water partition coefficient (Wildman–Crippen LogP) is 3.09. The first-order valence-electron chi connectivity index (χ1n) is 6.06. The highest BCUT2D eigenvalue weighted by molar-refractivity contribution is 5.45. The molecule has 1 aromatic heterocycles. The van der Waals surface area contributed by atoms with Gasteiger partial charge in [-0.3, -0.25) is 4.57 Å². The van der Waals surface area contributed by atoms with E-state index >= 15 is 0 Å². The summed E-state index contributed by atoms with van der Waals surface area (Å²) in [6.07, 6.45) is -1.78. The second kappa shape index (κ2) is 6.13. The van der Waals surface area contributed by atoms with Crippen LogP contribution in [0.4, 0.5) is 23.5 Å². The predicted molar refractivity (Wildman–Crippen MR) is 68.9 cm³/mol. The van der Waals surface area contributed by atoms with Gasteiger partial charge in [0.15, 0.2) is 0 Å². The van der Waals surface area contributed by atoms with Crippen molar-refractivity contribution in [2.24, 2.45) is 0 Å². The first-order chi connectivity index (χ1) is 9.93. The fraction of sp³-hybridized carbons (Fsp3) is 0.308. The van der Waals surface area contributed by atoms with Crippen LogP contribution in [0.5, 0.6) is 0 Å². The summed E-state index contributed by atoms with van der Waals surface area (Å²) >= 11 is 0. The van der Waals surface area contributed by atoms with E-state index in [0.29, 0.717) is 19.2 Å². The van der Waals surface area contributed by atoms with Crippen molar-refractivity contribution in [2.45, 2.75) is 6.18 Å². The SMILES string of the molecule is COCCNc1nccn1-c1cc(C(F)(F)F)ccc1F. The molecule has 0 radical (unpaired) electrons. The molecule has 0 amide bonds. The number of anilines is 1. The lowest BCUT2D eigenvalue weighted by molar-refractivity contribution is -0.137. The molecule has 1 N–H and O–H groups in total. The largest absolute Gasteiger partial charge is 0.416 e. The number of rotatable bonds is 5. The minimum Gasteiger partial charge on any atom is -0.383 e. The molecule has 2 aromatic rings. The van der Waals surface area contributed by atoms with Gasteiger partial charge in [-0.1, -0.05) is 0 Å². The second-order valence-corrected chi connectivity index (χ2v) is 4.20. The Kier molecular flexibility index (Phi) is 4.46. The molecule has 0 atom stereocenters. The molecule has 0 fully saturated rings. The molecular formula is C13H13F4N3O. The van der Waals surface area contributed by atoms with Crippen LogP contribution < -0.4 is 5.32 Å². The van der Waals surface area contributed by atoms with Crippen molar-refractivity contribution in [3.05, 3.63) is 42.0 Å². The number of alkyl halides is 3. The number of nitrogens with one attached hydrogen (secondary N) is 1. The molecule has 0 spiro atoms. The van der Waals surface area contributed by atoms with E-state index in [9.17, 15) is 17.6 Å². The van der Waals surface area contributed by atoms with Gasteiger partial charge in [-0.05, 0) is 18.2 Å². The third-order valence-electron chi connectivity index (χ3n) is 2.76. The van der Waals surface area contributed by atoms with Gasteiger partial charge < -0.3 is 10.1 Å². The van der Waals surface area contributed by atoms with Gasteiger partial charge >= 0.3 is 6.18 Å². The Bertz CT molecular complexity index is 610. The van der Waals surface area contributed by atoms with E-state index in [1.165, 1.54) is 24.1 Å². The summed E-state index contributed by atoms with van der Waals surface area (Å²) in [5.74, 6) is -0.527. The number of nitrogens with zero attached hydrogens (tertiary/aromatic N) is 2. The van der Waals surface area contributed by atoms with Crippen LogP contribution in [0.2, 0.25) is 0 Å². The van der Waals surface area contributed by atoms with Gasteiger partial charge in [0, 0.05) is 26.0 Å². The highest BCUT2D eigenvalue weighted by Crippen LogP contribution is 2.31. The van der Waals surface area contributed by atoms with E-state index in [2.05, 4.69) is 10.3 Å². The number of hydrogen-bond donors (Lipinski definition) is 1. The van der Waals surface area contributed by atoms with Gasteiger partial charge in [-0.25, -0.2) is 9.37 Å². The minimum absolute atomic E-state index is 0.220. The molecule has 4 nitrogen and oxygen atoms in total. The van der Waals surface area contributed by atoms with Gasteiger partial charge in [0.05, 0.1) is 17.9 Å². The number of ether oxygens (including phenoxy) is 1. The summed E-state index contributed by atoms with van der Waals surface area (Å²) in [7, 11) is 1.51. The summed E-state index contributed by atoms with van der Waals surface area (Å²) in [4.78, 5) is 3.95. The third-order valence-corrected chi connectivity index (χ3v) is 2.76. The molecular weight excluding hydrogens is 290 g/mol. The highest BCUT2D eigenvalue weighted by Gasteiger charge is 2.31. The maximum absolute atomic E-state index is 13.8. The summed E-state index contributed by atoms with van der Waals surface area (Å²) in [5.41, 5.74) is -1.14. The molecule has 8 heteroatoms. The second-order valence-electron chi connectivity index (χ2n) is 4.20. The molecule has 1 heterocycles. The van der Waals surface area contributed by atoms with Crippen molar-refractivity contribution in [3.8, 4) is 5.69 Å². The van der Waals surface area contributed by atoms with Crippen molar-refractivity contribution < 1.29 is 22.3 Å². The van der Waals surface area contributed by atoms with E-state index in [4.69, 9.17) is 4.74 Å². The Balaban J connectivity index is 2.36. The normalized spacial score (nSPS) is 11.7. The number of methoxy groups -OCH3 is 1. The molecule has 0 aliphatic carbocycles. The minimum atomic E-state index is -4.54. The summed E-state index contributed by atoms with van der Waals surface area (Å²) in [6.45, 7) is 0.784. The Morgan fingerprint density at radius 3 is 2.76 bits per heavy atom. The van der Waals surface area contributed by atoms with E-state index in [-0.39, 0.29) is 11.6 Å². The van der Waals surface area contributed by atoms with E-state index in [1.54, 1.807) is 0 Å². The van der Waals surface area contributed by atoms with Gasteiger partial charge in [-0.15, -0.1) is 0 Å². The van der Waals surface area contributed by atoms with Crippen molar-refractivity contribution >= 4 is 5.95 Å². The van der Waals surface area contributed by atoms with Gasteiger partial charge in [0.2, 0.25) is 5.95 Å². The van der Waals surface area contributed by atoms with Crippen LogP contribution >= 0.6 is 0 Å². The molecule has 2 rings (SSSR count). The Morgan fingerprint density at radius 1 is 1.33 bits per heavy atom. The topological polar surface area (TPSA) is 39.1 Å². The molecule has 0 aliphatic heterocycles. The van der Waals surface area contributed by atoms with Crippen LogP contribution in [0.1, 0.15) is 5.56 Å². The van der Waals surface area contributed by atoms with Crippen molar-refractivity contribution in [3.63, 3.8) is 0 Å². The fourth-order valence-corrected chi connectivity index (χ4v) is 1.77. The zero-order valence-electron chi connectivity index (χ0n) is 11.1. The van der Waals surface area contributed by atoms with Crippen molar-refractivity contribution in [2.75, 3.05) is 25.6 Å². The van der Waals surface area contributed by atoms with Gasteiger partial charge in [0.1, 0.15) is 5.82 Å². The van der Waals surface area contributed by atoms with E-state index in [1.807, 2.05) is 0 Å². The van der Waals surface area contributed by atoms with Crippen LogP contribution in [-0.4, -0.2) is 29.8 Å². The van der Waals surface area contributed by atoms with E-state index < -0.39 is 17.6 Å². The first-order valence-corrected chi connectivity index (χ1v) is 6.06.